The average Bonchev–Trinajstić information content (AvgIpc) is 2.63. The van der Waals surface area contributed by atoms with Crippen LogP contribution in [-0.2, 0) is 9.59 Å². The van der Waals surface area contributed by atoms with Crippen LogP contribution in [0.1, 0.15) is 33.6 Å². The molecule has 4 heteroatoms. The monoisotopic (exact) mass is 274 g/mol. The first kappa shape index (κ1) is 14.6. The third-order valence-electron chi connectivity index (χ3n) is 5.03. The molecule has 1 aromatic rings. The number of carbonyl (C=O) groups excluding carboxylic acids is 2. The first-order valence-electron chi connectivity index (χ1n) is 6.86. The maximum atomic E-state index is 12.4. The van der Waals surface area contributed by atoms with Gasteiger partial charge in [-0.3, -0.25) is 4.79 Å². The van der Waals surface area contributed by atoms with Gasteiger partial charge in [0.05, 0.1) is 0 Å². The Bertz CT molecular complexity index is 524. The van der Waals surface area contributed by atoms with Crippen LogP contribution in [0.25, 0.3) is 0 Å². The van der Waals surface area contributed by atoms with Crippen molar-refractivity contribution in [2.45, 2.75) is 33.6 Å². The van der Waals surface area contributed by atoms with Crippen LogP contribution in [0.15, 0.2) is 30.3 Å². The van der Waals surface area contributed by atoms with Crippen LogP contribution in [0, 0.1) is 16.7 Å². The van der Waals surface area contributed by atoms with Crippen LogP contribution < -0.4 is 10.4 Å². The minimum atomic E-state index is -1.07. The number of hydrogen-bond acceptors (Lipinski definition) is 3. The summed E-state index contributed by atoms with van der Waals surface area (Å²) in [7, 11) is 0. The molecule has 1 N–H and O–H groups in total. The van der Waals surface area contributed by atoms with Crippen molar-refractivity contribution in [1.29, 1.82) is 0 Å². The predicted octanol–water partition coefficient (Wildman–Crippen LogP) is 1.82. The maximum absolute atomic E-state index is 12.4. The lowest BCUT2D eigenvalue weighted by molar-refractivity contribution is -0.323. The summed E-state index contributed by atoms with van der Waals surface area (Å²) in [6.45, 7) is 5.36. The Labute approximate surface area is 119 Å². The molecule has 0 aliphatic heterocycles. The molecule has 1 saturated carbocycles. The Morgan fingerprint density at radius 1 is 1.20 bits per heavy atom. The van der Waals surface area contributed by atoms with Gasteiger partial charge in [-0.05, 0) is 30.4 Å². The molecule has 20 heavy (non-hydrogen) atoms. The van der Waals surface area contributed by atoms with Gasteiger partial charge in [-0.25, -0.2) is 0 Å². The Morgan fingerprint density at radius 3 is 2.30 bits per heavy atom. The fourth-order valence-corrected chi connectivity index (χ4v) is 3.08. The molecule has 0 saturated heterocycles. The van der Waals surface area contributed by atoms with E-state index in [2.05, 4.69) is 5.32 Å². The molecular weight excluding hydrogens is 254 g/mol. The van der Waals surface area contributed by atoms with E-state index >= 15 is 0 Å². The zero-order chi connectivity index (χ0) is 15.0. The second kappa shape index (κ2) is 4.93. The maximum Gasteiger partial charge on any atom is 0.228 e. The number of carboxylic acid groups (broad SMARTS) is 1. The SMILES string of the molecule is CC1(C)[C@@H](C(=O)Nc2ccccc2)CC[C@]1(C)C(=O)[O-]. The lowest BCUT2D eigenvalue weighted by Crippen LogP contribution is -2.49. The number of carbonyl (C=O) groups is 2. The molecular formula is C16H20NO3-. The van der Waals surface area contributed by atoms with Crippen LogP contribution in [0.4, 0.5) is 5.69 Å². The lowest BCUT2D eigenvalue weighted by atomic mass is 9.65. The van der Waals surface area contributed by atoms with Gasteiger partial charge in [-0.15, -0.1) is 0 Å². The number of anilines is 1. The summed E-state index contributed by atoms with van der Waals surface area (Å²) >= 11 is 0. The molecule has 108 valence electrons. The normalized spacial score (nSPS) is 28.1. The molecule has 1 aliphatic rings. The van der Waals surface area contributed by atoms with Gasteiger partial charge in [-0.1, -0.05) is 39.0 Å². The van der Waals surface area contributed by atoms with Crippen molar-refractivity contribution in [1.82, 2.24) is 0 Å². The first-order valence-corrected chi connectivity index (χ1v) is 6.86. The Kier molecular flexibility index (Phi) is 3.59. The highest BCUT2D eigenvalue weighted by Crippen LogP contribution is 2.55. The summed E-state index contributed by atoms with van der Waals surface area (Å²) in [5.41, 5.74) is -0.869. The van der Waals surface area contributed by atoms with Crippen molar-refractivity contribution in [2.75, 3.05) is 5.32 Å². The highest BCUT2D eigenvalue weighted by Gasteiger charge is 2.54. The first-order chi connectivity index (χ1) is 9.29. The van der Waals surface area contributed by atoms with Crippen LogP contribution in [0.2, 0.25) is 0 Å². The van der Waals surface area contributed by atoms with Gasteiger partial charge in [0.1, 0.15) is 0 Å². The largest absolute Gasteiger partial charge is 0.550 e. The number of aliphatic carboxylic acids is 1. The molecule has 1 aliphatic carbocycles. The summed E-state index contributed by atoms with van der Waals surface area (Å²) in [6.07, 6.45) is 1.03. The van der Waals surface area contributed by atoms with Gasteiger partial charge in [0.2, 0.25) is 5.91 Å². The zero-order valence-electron chi connectivity index (χ0n) is 12.1. The molecule has 1 fully saturated rings. The van der Waals surface area contributed by atoms with Crippen molar-refractivity contribution < 1.29 is 14.7 Å². The molecule has 4 nitrogen and oxygen atoms in total. The summed E-state index contributed by atoms with van der Waals surface area (Å²) in [5, 5.41) is 14.3. The fourth-order valence-electron chi connectivity index (χ4n) is 3.08. The number of rotatable bonds is 3. The predicted molar refractivity (Wildman–Crippen MR) is 74.7 cm³/mol. The molecule has 1 aromatic carbocycles. The van der Waals surface area contributed by atoms with Gasteiger partial charge >= 0.3 is 0 Å². The molecule has 0 aromatic heterocycles. The average molecular weight is 274 g/mol. The molecule has 0 bridgehead atoms. The van der Waals surface area contributed by atoms with E-state index in [0.29, 0.717) is 12.8 Å². The quantitative estimate of drug-likeness (QED) is 0.914. The molecule has 0 unspecified atom stereocenters. The lowest BCUT2D eigenvalue weighted by Gasteiger charge is -2.41. The minimum absolute atomic E-state index is 0.119. The van der Waals surface area contributed by atoms with Gasteiger partial charge in [0, 0.05) is 23.0 Å². The Morgan fingerprint density at radius 2 is 1.80 bits per heavy atom. The Balaban J connectivity index is 2.18. The fraction of sp³-hybridized carbons (Fsp3) is 0.500. The van der Waals surface area contributed by atoms with Crippen LogP contribution >= 0.6 is 0 Å². The number of para-hydroxylation sites is 1. The highest BCUT2D eigenvalue weighted by atomic mass is 16.4. The second-order valence-corrected chi connectivity index (χ2v) is 6.29. The van der Waals surface area contributed by atoms with Crippen molar-refractivity contribution in [2.24, 2.45) is 16.7 Å². The van der Waals surface area contributed by atoms with Crippen molar-refractivity contribution >= 4 is 17.6 Å². The molecule has 0 spiro atoms. The number of nitrogens with one attached hydrogen (secondary N) is 1. The summed E-state index contributed by atoms with van der Waals surface area (Å²) < 4.78 is 0. The summed E-state index contributed by atoms with van der Waals surface area (Å²) in [5.74, 6) is -1.52. The van der Waals surface area contributed by atoms with Gasteiger partial charge in [0.25, 0.3) is 0 Å². The third-order valence-corrected chi connectivity index (χ3v) is 5.03. The van der Waals surface area contributed by atoms with Gasteiger partial charge in [-0.2, -0.15) is 0 Å². The number of hydrogen-bond donors (Lipinski definition) is 1. The highest BCUT2D eigenvalue weighted by molar-refractivity contribution is 5.94. The van der Waals surface area contributed by atoms with E-state index in [4.69, 9.17) is 0 Å². The molecule has 2 atom stereocenters. The molecule has 0 heterocycles. The number of benzene rings is 1. The second-order valence-electron chi connectivity index (χ2n) is 6.29. The van der Waals surface area contributed by atoms with E-state index < -0.39 is 16.8 Å². The van der Waals surface area contributed by atoms with Crippen LogP contribution in [-0.4, -0.2) is 11.9 Å². The number of amides is 1. The van der Waals surface area contributed by atoms with Crippen LogP contribution in [0.3, 0.4) is 0 Å². The van der Waals surface area contributed by atoms with Gasteiger partial charge < -0.3 is 15.2 Å². The van der Waals surface area contributed by atoms with E-state index in [0.717, 1.165) is 5.69 Å². The third kappa shape index (κ3) is 2.19. The zero-order valence-corrected chi connectivity index (χ0v) is 12.1. The minimum Gasteiger partial charge on any atom is -0.550 e. The van der Waals surface area contributed by atoms with E-state index in [1.54, 1.807) is 6.92 Å². The molecule has 1 amide bonds. The van der Waals surface area contributed by atoms with Crippen molar-refractivity contribution in [3.8, 4) is 0 Å². The van der Waals surface area contributed by atoms with E-state index in [1.807, 2.05) is 44.2 Å². The number of carboxylic acids is 1. The summed E-state index contributed by atoms with van der Waals surface area (Å²) in [4.78, 5) is 23.8. The summed E-state index contributed by atoms with van der Waals surface area (Å²) in [6, 6.07) is 9.21. The van der Waals surface area contributed by atoms with Gasteiger partial charge in [0.15, 0.2) is 0 Å². The van der Waals surface area contributed by atoms with Crippen LogP contribution in [0.5, 0.6) is 0 Å². The Hall–Kier alpha value is -1.84. The van der Waals surface area contributed by atoms with E-state index in [9.17, 15) is 14.7 Å². The van der Waals surface area contributed by atoms with Crippen molar-refractivity contribution in [3.05, 3.63) is 30.3 Å². The standard InChI is InChI=1S/C16H21NO3/c1-15(2)12(9-10-16(15,3)14(19)20)13(18)17-11-7-5-4-6-8-11/h4-8,12H,9-10H2,1-3H3,(H,17,18)(H,19,20)/p-1/t12-,16-/m1/s1. The van der Waals surface area contributed by atoms with Crippen molar-refractivity contribution in [3.63, 3.8) is 0 Å². The topological polar surface area (TPSA) is 69.2 Å². The van der Waals surface area contributed by atoms with E-state index in [-0.39, 0.29) is 11.8 Å². The smallest absolute Gasteiger partial charge is 0.228 e. The van der Waals surface area contributed by atoms with E-state index in [1.165, 1.54) is 0 Å². The molecule has 0 radical (unpaired) electrons. The molecule has 2 rings (SSSR count).